The van der Waals surface area contributed by atoms with Crippen molar-refractivity contribution in [1.82, 2.24) is 15.0 Å². The Morgan fingerprint density at radius 1 is 1.40 bits per heavy atom. The van der Waals surface area contributed by atoms with Crippen molar-refractivity contribution in [3.05, 3.63) is 0 Å². The number of aromatic nitrogens is 3. The maximum atomic E-state index is 11.2. The van der Waals surface area contributed by atoms with Crippen molar-refractivity contribution in [2.24, 2.45) is 0 Å². The van der Waals surface area contributed by atoms with Gasteiger partial charge in [-0.25, -0.2) is 0 Å². The maximum Gasteiger partial charge on any atom is 0.316 e. The first-order valence-corrected chi connectivity index (χ1v) is 7.34. The molecule has 0 aliphatic heterocycles. The van der Waals surface area contributed by atoms with E-state index in [1.807, 2.05) is 14.1 Å². The first kappa shape index (κ1) is 16.5. The van der Waals surface area contributed by atoms with E-state index in [0.29, 0.717) is 17.1 Å². The Balaban J connectivity index is 2.89. The van der Waals surface area contributed by atoms with E-state index in [4.69, 9.17) is 0 Å². The zero-order chi connectivity index (χ0) is 15.1. The number of hydrogen-bond donors (Lipinski definition) is 1. The van der Waals surface area contributed by atoms with E-state index < -0.39 is 0 Å². The summed E-state index contributed by atoms with van der Waals surface area (Å²) in [5.41, 5.74) is 0. The van der Waals surface area contributed by atoms with Crippen LogP contribution in [0.3, 0.4) is 0 Å². The van der Waals surface area contributed by atoms with Crippen LogP contribution in [0.4, 0.5) is 11.9 Å². The smallest absolute Gasteiger partial charge is 0.316 e. The van der Waals surface area contributed by atoms with Gasteiger partial charge in [0.15, 0.2) is 5.16 Å². The lowest BCUT2D eigenvalue weighted by Crippen LogP contribution is -2.19. The molecule has 0 fully saturated rings. The van der Waals surface area contributed by atoms with Crippen LogP contribution in [0.2, 0.25) is 0 Å². The van der Waals surface area contributed by atoms with Crippen LogP contribution in [-0.4, -0.2) is 53.9 Å². The molecule has 112 valence electrons. The fourth-order valence-electron chi connectivity index (χ4n) is 1.18. The van der Waals surface area contributed by atoms with Crippen LogP contribution < -0.4 is 10.2 Å². The van der Waals surface area contributed by atoms with Crippen molar-refractivity contribution in [2.45, 2.75) is 31.5 Å². The minimum Gasteiger partial charge on any atom is -0.468 e. The van der Waals surface area contributed by atoms with Crippen LogP contribution >= 0.6 is 11.8 Å². The first-order chi connectivity index (χ1) is 9.46. The van der Waals surface area contributed by atoms with Crippen molar-refractivity contribution in [2.75, 3.05) is 37.2 Å². The number of carbonyl (C=O) groups excluding carboxylic acids is 1. The van der Waals surface area contributed by atoms with Crippen LogP contribution in [-0.2, 0) is 9.53 Å². The van der Waals surface area contributed by atoms with Gasteiger partial charge in [-0.2, -0.15) is 15.0 Å². The second-order valence-corrected chi connectivity index (χ2v) is 5.40. The molecule has 1 aromatic heterocycles. The molecule has 20 heavy (non-hydrogen) atoms. The Labute approximate surface area is 123 Å². The average Bonchev–Trinajstić information content (AvgIpc) is 2.44. The van der Waals surface area contributed by atoms with Gasteiger partial charge in [0.1, 0.15) is 0 Å². The highest BCUT2D eigenvalue weighted by atomic mass is 32.2. The minimum absolute atomic E-state index is 0.177. The Morgan fingerprint density at radius 2 is 2.10 bits per heavy atom. The van der Waals surface area contributed by atoms with E-state index in [2.05, 4.69) is 38.9 Å². The van der Waals surface area contributed by atoms with Crippen molar-refractivity contribution < 1.29 is 9.53 Å². The Morgan fingerprint density at radius 3 is 2.65 bits per heavy atom. The van der Waals surface area contributed by atoms with E-state index in [1.165, 1.54) is 18.9 Å². The number of anilines is 2. The lowest BCUT2D eigenvalue weighted by Gasteiger charge is -2.15. The number of hydrogen-bond acceptors (Lipinski definition) is 8. The predicted molar refractivity (Wildman–Crippen MR) is 80.3 cm³/mol. The van der Waals surface area contributed by atoms with E-state index in [0.717, 1.165) is 6.42 Å². The standard InChI is InChI=1S/C12H21N5O2S/c1-6-8(2)13-10-14-11(17(3)4)16-12(15-10)20-7-9(18)19-5/h8H,6-7H2,1-5H3,(H,13,14,15,16). The lowest BCUT2D eigenvalue weighted by molar-refractivity contribution is -0.137. The molecule has 0 aliphatic rings. The number of ether oxygens (including phenoxy) is 1. The van der Waals surface area contributed by atoms with Gasteiger partial charge in [-0.1, -0.05) is 18.7 Å². The van der Waals surface area contributed by atoms with Crippen molar-refractivity contribution in [3.8, 4) is 0 Å². The number of thioether (sulfide) groups is 1. The first-order valence-electron chi connectivity index (χ1n) is 6.35. The highest BCUT2D eigenvalue weighted by Gasteiger charge is 2.12. The fraction of sp³-hybridized carbons (Fsp3) is 0.667. The molecule has 7 nitrogen and oxygen atoms in total. The molecule has 1 atom stereocenters. The van der Waals surface area contributed by atoms with Crippen LogP contribution in [0.1, 0.15) is 20.3 Å². The number of esters is 1. The van der Waals surface area contributed by atoms with Gasteiger partial charge < -0.3 is 15.0 Å². The minimum atomic E-state index is -0.307. The molecule has 8 heteroatoms. The number of carbonyl (C=O) groups is 1. The van der Waals surface area contributed by atoms with E-state index in [-0.39, 0.29) is 17.8 Å². The molecule has 0 bridgehead atoms. The molecule has 0 radical (unpaired) electrons. The van der Waals surface area contributed by atoms with Crippen LogP contribution in [0, 0.1) is 0 Å². The monoisotopic (exact) mass is 299 g/mol. The van der Waals surface area contributed by atoms with Gasteiger partial charge in [-0.15, -0.1) is 0 Å². The second-order valence-electron chi connectivity index (χ2n) is 4.45. The van der Waals surface area contributed by atoms with Crippen LogP contribution in [0.15, 0.2) is 5.16 Å². The third-order valence-electron chi connectivity index (χ3n) is 2.54. The number of rotatable bonds is 7. The summed E-state index contributed by atoms with van der Waals surface area (Å²) in [5, 5.41) is 3.71. The van der Waals surface area contributed by atoms with Gasteiger partial charge in [0, 0.05) is 20.1 Å². The lowest BCUT2D eigenvalue weighted by atomic mass is 10.3. The fourth-order valence-corrected chi connectivity index (χ4v) is 1.84. The molecule has 1 rings (SSSR count). The predicted octanol–water partition coefficient (Wildman–Crippen LogP) is 1.41. The summed E-state index contributed by atoms with van der Waals surface area (Å²) >= 11 is 1.23. The van der Waals surface area contributed by atoms with E-state index in [9.17, 15) is 4.79 Å². The summed E-state index contributed by atoms with van der Waals surface area (Å²) in [7, 11) is 5.08. The summed E-state index contributed by atoms with van der Waals surface area (Å²) in [6.45, 7) is 4.14. The topological polar surface area (TPSA) is 80.2 Å². The molecule has 0 amide bonds. The summed E-state index contributed by atoms with van der Waals surface area (Å²) in [5.74, 6) is 0.942. The van der Waals surface area contributed by atoms with E-state index in [1.54, 1.807) is 4.90 Å². The summed E-state index contributed by atoms with van der Waals surface area (Å²) < 4.78 is 4.60. The Kier molecular flexibility index (Phi) is 6.50. The number of nitrogens with zero attached hydrogens (tertiary/aromatic N) is 4. The average molecular weight is 299 g/mol. The summed E-state index contributed by atoms with van der Waals surface area (Å²) in [6, 6.07) is 0.269. The van der Waals surface area contributed by atoms with Crippen molar-refractivity contribution in [1.29, 1.82) is 0 Å². The summed E-state index contributed by atoms with van der Waals surface area (Å²) in [4.78, 5) is 25.9. The molecule has 1 heterocycles. The molecule has 0 aliphatic carbocycles. The number of methoxy groups -OCH3 is 1. The molecule has 0 saturated heterocycles. The molecule has 1 aromatic rings. The third-order valence-corrected chi connectivity index (χ3v) is 3.36. The molecule has 1 unspecified atom stereocenters. The van der Waals surface area contributed by atoms with Crippen LogP contribution in [0.25, 0.3) is 0 Å². The SMILES string of the molecule is CCC(C)Nc1nc(SCC(=O)OC)nc(N(C)C)n1. The zero-order valence-corrected chi connectivity index (χ0v) is 13.3. The molecule has 1 N–H and O–H groups in total. The highest BCUT2D eigenvalue weighted by molar-refractivity contribution is 7.99. The van der Waals surface area contributed by atoms with Gasteiger partial charge in [0.05, 0.1) is 12.9 Å². The van der Waals surface area contributed by atoms with Gasteiger partial charge in [0.25, 0.3) is 0 Å². The van der Waals surface area contributed by atoms with Crippen LogP contribution in [0.5, 0.6) is 0 Å². The quantitative estimate of drug-likeness (QED) is 0.598. The van der Waals surface area contributed by atoms with Crippen molar-refractivity contribution in [3.63, 3.8) is 0 Å². The molecular weight excluding hydrogens is 278 g/mol. The van der Waals surface area contributed by atoms with Gasteiger partial charge in [-0.05, 0) is 13.3 Å². The molecule has 0 aromatic carbocycles. The molecule has 0 saturated carbocycles. The molecular formula is C12H21N5O2S. The highest BCUT2D eigenvalue weighted by Crippen LogP contribution is 2.18. The number of nitrogens with one attached hydrogen (secondary N) is 1. The zero-order valence-electron chi connectivity index (χ0n) is 12.5. The van der Waals surface area contributed by atoms with Crippen molar-refractivity contribution >= 4 is 29.6 Å². The third kappa shape index (κ3) is 5.20. The molecule has 0 spiro atoms. The summed E-state index contributed by atoms with van der Waals surface area (Å²) in [6.07, 6.45) is 0.966. The Bertz CT molecular complexity index is 455. The normalized spacial score (nSPS) is 11.8. The van der Waals surface area contributed by atoms with Gasteiger partial charge in [0.2, 0.25) is 11.9 Å². The van der Waals surface area contributed by atoms with Gasteiger partial charge >= 0.3 is 5.97 Å². The Hall–Kier alpha value is -1.57. The second kappa shape index (κ2) is 7.88. The maximum absolute atomic E-state index is 11.2. The van der Waals surface area contributed by atoms with Gasteiger partial charge in [-0.3, -0.25) is 4.79 Å². The van der Waals surface area contributed by atoms with E-state index >= 15 is 0 Å². The largest absolute Gasteiger partial charge is 0.468 e.